The Hall–Kier alpha value is -2.27. The van der Waals surface area contributed by atoms with E-state index in [1.165, 1.54) is 29.3 Å². The summed E-state index contributed by atoms with van der Waals surface area (Å²) in [4.78, 5) is 14.7. The second-order valence-corrected chi connectivity index (χ2v) is 6.51. The number of ether oxygens (including phenoxy) is 2. The zero-order valence-electron chi connectivity index (χ0n) is 14.3. The highest BCUT2D eigenvalue weighted by molar-refractivity contribution is 5.88. The minimum atomic E-state index is -0.184. The molecule has 2 aromatic rings. The third-order valence-electron chi connectivity index (χ3n) is 5.62. The van der Waals surface area contributed by atoms with E-state index in [2.05, 4.69) is 35.2 Å². The summed E-state index contributed by atoms with van der Waals surface area (Å²) in [6.45, 7) is 4.84. The van der Waals surface area contributed by atoms with Crippen LogP contribution in [-0.4, -0.2) is 42.2 Å². The molecule has 5 nitrogen and oxygen atoms in total. The molecule has 4 rings (SSSR count). The molecule has 24 heavy (non-hydrogen) atoms. The largest absolute Gasteiger partial charge is 0.497 e. The van der Waals surface area contributed by atoms with E-state index in [1.807, 2.05) is 12.1 Å². The van der Waals surface area contributed by atoms with Crippen molar-refractivity contribution in [2.75, 3.05) is 20.8 Å². The lowest BCUT2D eigenvalue weighted by Crippen LogP contribution is -2.62. The van der Waals surface area contributed by atoms with Gasteiger partial charge in [-0.3, -0.25) is 9.69 Å². The summed E-state index contributed by atoms with van der Waals surface area (Å²) >= 11 is 0. The minimum Gasteiger partial charge on any atom is -0.497 e. The summed E-state index contributed by atoms with van der Waals surface area (Å²) < 4.78 is 12.7. The molecule has 0 radical (unpaired) electrons. The summed E-state index contributed by atoms with van der Waals surface area (Å²) in [5.41, 5.74) is 3.72. The predicted octanol–water partition coefficient (Wildman–Crippen LogP) is 2.44. The van der Waals surface area contributed by atoms with Crippen molar-refractivity contribution in [1.82, 2.24) is 9.47 Å². The van der Waals surface area contributed by atoms with E-state index in [0.29, 0.717) is 0 Å². The smallest absolute Gasteiger partial charge is 0.312 e. The van der Waals surface area contributed by atoms with Crippen LogP contribution >= 0.6 is 0 Å². The fraction of sp³-hybridized carbons (Fsp3) is 0.421. The highest BCUT2D eigenvalue weighted by atomic mass is 16.5. The van der Waals surface area contributed by atoms with Gasteiger partial charge in [0.05, 0.1) is 26.2 Å². The van der Waals surface area contributed by atoms with Crippen LogP contribution in [0.4, 0.5) is 0 Å². The molecule has 0 N–H and O–H groups in total. The molecule has 1 saturated heterocycles. The number of methoxy groups -OCH3 is 2. The van der Waals surface area contributed by atoms with E-state index < -0.39 is 0 Å². The molecule has 0 saturated carbocycles. The van der Waals surface area contributed by atoms with Gasteiger partial charge in [-0.2, -0.15) is 0 Å². The summed E-state index contributed by atoms with van der Waals surface area (Å²) in [5, 5.41) is 1.22. The molecule has 2 aliphatic heterocycles. The van der Waals surface area contributed by atoms with Crippen molar-refractivity contribution < 1.29 is 14.3 Å². The second-order valence-electron chi connectivity index (χ2n) is 6.51. The van der Waals surface area contributed by atoms with E-state index in [9.17, 15) is 4.79 Å². The average Bonchev–Trinajstić information content (AvgIpc) is 2.87. The summed E-state index contributed by atoms with van der Waals surface area (Å²) in [5.74, 6) is 0.522. The monoisotopic (exact) mass is 326 g/mol. The third kappa shape index (κ3) is 1.82. The lowest BCUT2D eigenvalue weighted by molar-refractivity contribution is -0.163. The maximum Gasteiger partial charge on any atom is 0.312 e. The van der Waals surface area contributed by atoms with Gasteiger partial charge >= 0.3 is 5.97 Å². The Kier molecular flexibility index (Phi) is 3.42. The Bertz CT molecular complexity index is 839. The quantitative estimate of drug-likeness (QED) is 0.642. The zero-order chi connectivity index (χ0) is 17.0. The first-order valence-electron chi connectivity index (χ1n) is 8.23. The van der Waals surface area contributed by atoms with Crippen LogP contribution < -0.4 is 4.74 Å². The van der Waals surface area contributed by atoms with Gasteiger partial charge in [0.25, 0.3) is 0 Å². The van der Waals surface area contributed by atoms with Crippen molar-refractivity contribution in [3.8, 4) is 5.75 Å². The molecule has 1 aromatic heterocycles. The van der Waals surface area contributed by atoms with Crippen LogP contribution in [0.2, 0.25) is 0 Å². The van der Waals surface area contributed by atoms with E-state index in [-0.39, 0.29) is 24.0 Å². The predicted molar refractivity (Wildman–Crippen MR) is 92.1 cm³/mol. The molecule has 0 unspecified atom stereocenters. The molecule has 0 spiro atoms. The maximum atomic E-state index is 12.3. The average molecular weight is 326 g/mol. The van der Waals surface area contributed by atoms with E-state index in [0.717, 1.165) is 18.7 Å². The molecule has 126 valence electrons. The molecule has 2 aliphatic rings. The van der Waals surface area contributed by atoms with E-state index >= 15 is 0 Å². The van der Waals surface area contributed by atoms with Crippen molar-refractivity contribution in [2.45, 2.75) is 18.5 Å². The Labute approximate surface area is 141 Å². The minimum absolute atomic E-state index is 0.0585. The SMILES string of the molecule is C=C[C@@H]1[C@H](C(=O)OC)[C@H]2c3c(c4cc(OC)ccc4n3C)CCN12. The van der Waals surface area contributed by atoms with Crippen LogP contribution in [0.3, 0.4) is 0 Å². The van der Waals surface area contributed by atoms with Gasteiger partial charge in [0.15, 0.2) is 0 Å². The van der Waals surface area contributed by atoms with Gasteiger partial charge in [-0.25, -0.2) is 0 Å². The lowest BCUT2D eigenvalue weighted by atomic mass is 9.74. The first kappa shape index (κ1) is 15.3. The van der Waals surface area contributed by atoms with Crippen molar-refractivity contribution in [3.05, 3.63) is 42.1 Å². The standard InChI is InChI=1S/C19H22N2O3/c1-5-14-16(19(22)24-4)18-17-12(8-9-21(14)18)13-10-11(23-3)6-7-15(13)20(17)2/h5-7,10,14,16,18H,1,8-9H2,2-4H3/t14-,16+,18+/m1/s1. The highest BCUT2D eigenvalue weighted by Crippen LogP contribution is 2.51. The molecule has 1 aromatic carbocycles. The van der Waals surface area contributed by atoms with Crippen LogP contribution in [0.25, 0.3) is 10.9 Å². The first-order chi connectivity index (χ1) is 11.6. The van der Waals surface area contributed by atoms with Crippen LogP contribution in [0, 0.1) is 5.92 Å². The molecule has 0 aliphatic carbocycles. The molecular weight excluding hydrogens is 304 g/mol. The number of nitrogens with zero attached hydrogens (tertiary/aromatic N) is 2. The van der Waals surface area contributed by atoms with Gasteiger partial charge < -0.3 is 14.0 Å². The molecule has 3 heterocycles. The third-order valence-corrected chi connectivity index (χ3v) is 5.62. The number of rotatable bonds is 3. The van der Waals surface area contributed by atoms with Crippen LogP contribution in [0.15, 0.2) is 30.9 Å². The number of hydrogen-bond donors (Lipinski definition) is 0. The molecule has 5 heteroatoms. The fourth-order valence-electron chi connectivity index (χ4n) is 4.51. The zero-order valence-corrected chi connectivity index (χ0v) is 14.3. The first-order valence-corrected chi connectivity index (χ1v) is 8.23. The summed E-state index contributed by atoms with van der Waals surface area (Å²) in [6, 6.07) is 6.29. The number of carbonyl (C=O) groups is 1. The normalized spacial score (nSPS) is 25.5. The second kappa shape index (κ2) is 5.38. The van der Waals surface area contributed by atoms with Gasteiger partial charge in [0.2, 0.25) is 0 Å². The summed E-state index contributed by atoms with van der Waals surface area (Å²) in [6.07, 6.45) is 2.84. The van der Waals surface area contributed by atoms with Gasteiger partial charge in [-0.1, -0.05) is 6.08 Å². The van der Waals surface area contributed by atoms with Crippen molar-refractivity contribution >= 4 is 16.9 Å². The van der Waals surface area contributed by atoms with Crippen LogP contribution in [0.1, 0.15) is 17.3 Å². The van der Waals surface area contributed by atoms with Crippen LogP contribution in [-0.2, 0) is 23.0 Å². The van der Waals surface area contributed by atoms with Gasteiger partial charge in [-0.15, -0.1) is 6.58 Å². The van der Waals surface area contributed by atoms with E-state index in [4.69, 9.17) is 9.47 Å². The fourth-order valence-corrected chi connectivity index (χ4v) is 4.51. The van der Waals surface area contributed by atoms with Gasteiger partial charge in [0, 0.05) is 36.2 Å². The van der Waals surface area contributed by atoms with Crippen LogP contribution in [0.5, 0.6) is 5.75 Å². The number of aryl methyl sites for hydroxylation is 1. The van der Waals surface area contributed by atoms with Gasteiger partial charge in [-0.05, 0) is 30.2 Å². The number of esters is 1. The number of carbonyl (C=O) groups excluding carboxylic acids is 1. The van der Waals surface area contributed by atoms with Gasteiger partial charge in [0.1, 0.15) is 5.75 Å². The molecular formula is C19H22N2O3. The number of benzene rings is 1. The number of aromatic nitrogens is 1. The Morgan fingerprint density at radius 2 is 2.17 bits per heavy atom. The Morgan fingerprint density at radius 3 is 2.83 bits per heavy atom. The number of fused-ring (bicyclic) bond motifs is 5. The Morgan fingerprint density at radius 1 is 1.38 bits per heavy atom. The topological polar surface area (TPSA) is 43.7 Å². The molecule has 3 atom stereocenters. The molecule has 0 bridgehead atoms. The maximum absolute atomic E-state index is 12.3. The Balaban J connectivity index is 1.88. The van der Waals surface area contributed by atoms with Crippen molar-refractivity contribution in [2.24, 2.45) is 13.0 Å². The van der Waals surface area contributed by atoms with Crippen molar-refractivity contribution in [1.29, 1.82) is 0 Å². The van der Waals surface area contributed by atoms with Crippen molar-refractivity contribution in [3.63, 3.8) is 0 Å². The van der Waals surface area contributed by atoms with E-state index in [1.54, 1.807) is 7.11 Å². The molecule has 0 amide bonds. The summed E-state index contributed by atoms with van der Waals surface area (Å²) in [7, 11) is 5.22. The molecule has 1 fully saturated rings. The number of hydrogen-bond acceptors (Lipinski definition) is 4. The lowest BCUT2D eigenvalue weighted by Gasteiger charge is -2.55. The highest BCUT2D eigenvalue weighted by Gasteiger charge is 2.55.